The summed E-state index contributed by atoms with van der Waals surface area (Å²) >= 11 is 0. The molecule has 2 bridgehead atoms. The molecule has 2 atom stereocenters. The predicted octanol–water partition coefficient (Wildman–Crippen LogP) is 0.312. The van der Waals surface area contributed by atoms with E-state index < -0.39 is 5.79 Å². The van der Waals surface area contributed by atoms with Crippen molar-refractivity contribution in [2.24, 2.45) is 0 Å². The van der Waals surface area contributed by atoms with Crippen LogP contribution < -0.4 is 0 Å². The maximum atomic E-state index is 9.62. The zero-order valence-corrected chi connectivity index (χ0v) is 7.70. The summed E-state index contributed by atoms with van der Waals surface area (Å²) in [6.07, 6.45) is 2.61. The van der Waals surface area contributed by atoms with Gasteiger partial charge in [0.15, 0.2) is 5.79 Å². The summed E-state index contributed by atoms with van der Waals surface area (Å²) in [4.78, 5) is 2.25. The summed E-state index contributed by atoms with van der Waals surface area (Å²) in [6, 6.07) is 0.830. The Balaban J connectivity index is 2.20. The first-order valence-electron chi connectivity index (χ1n) is 4.74. The van der Waals surface area contributed by atoms with Crippen molar-refractivity contribution in [1.29, 1.82) is 0 Å². The summed E-state index contributed by atoms with van der Waals surface area (Å²) in [6.45, 7) is 4.24. The highest BCUT2D eigenvalue weighted by Gasteiger charge is 2.54. The van der Waals surface area contributed by atoms with Crippen molar-refractivity contribution in [2.75, 3.05) is 0 Å². The van der Waals surface area contributed by atoms with Gasteiger partial charge in [-0.05, 0) is 26.7 Å². The Hall–Kier alpha value is -0.120. The molecule has 2 aliphatic heterocycles. The first-order chi connectivity index (χ1) is 5.52. The molecule has 2 heterocycles. The van der Waals surface area contributed by atoms with Crippen molar-refractivity contribution in [2.45, 2.75) is 57.0 Å². The van der Waals surface area contributed by atoms with Gasteiger partial charge in [0, 0.05) is 18.5 Å². The van der Waals surface area contributed by atoms with E-state index in [1.165, 1.54) is 0 Å². The van der Waals surface area contributed by atoms with Crippen molar-refractivity contribution in [3.05, 3.63) is 0 Å². The van der Waals surface area contributed by atoms with Gasteiger partial charge in [0.2, 0.25) is 0 Å². The number of fused-ring (bicyclic) bond motifs is 2. The van der Waals surface area contributed by atoms with E-state index in [9.17, 15) is 10.2 Å². The summed E-state index contributed by atoms with van der Waals surface area (Å²) in [5, 5.41) is 19.2. The number of hydrogen-bond donors (Lipinski definition) is 2. The molecule has 0 aromatic rings. The average Bonchev–Trinajstić information content (AvgIpc) is 2.38. The summed E-state index contributed by atoms with van der Waals surface area (Å²) in [5.74, 6) is -1.41. The first-order valence-corrected chi connectivity index (χ1v) is 4.74. The number of nitrogens with zero attached hydrogens (tertiary/aromatic N) is 1. The fraction of sp³-hybridized carbons (Fsp3) is 1.00. The molecule has 0 aromatic carbocycles. The van der Waals surface area contributed by atoms with E-state index >= 15 is 0 Å². The van der Waals surface area contributed by atoms with E-state index in [4.69, 9.17) is 0 Å². The molecular formula is C9H17NO2. The zero-order chi connectivity index (χ0) is 8.93. The van der Waals surface area contributed by atoms with E-state index in [1.54, 1.807) is 0 Å². The molecule has 70 valence electrons. The molecule has 0 aromatic heterocycles. The number of hydrogen-bond acceptors (Lipinski definition) is 3. The molecule has 3 heteroatoms. The van der Waals surface area contributed by atoms with Crippen LogP contribution in [0.3, 0.4) is 0 Å². The van der Waals surface area contributed by atoms with Crippen LogP contribution in [0, 0.1) is 0 Å². The van der Waals surface area contributed by atoms with Gasteiger partial charge in [-0.15, -0.1) is 0 Å². The van der Waals surface area contributed by atoms with Crippen LogP contribution in [-0.2, 0) is 0 Å². The van der Waals surface area contributed by atoms with Gasteiger partial charge in [-0.1, -0.05) is 0 Å². The standard InChI is InChI=1S/C9H17NO2/c1-6(2)10-7-3-4-8(10)9(11,12)5-7/h6-8,11-12H,3-5H2,1-2H3. The summed E-state index contributed by atoms with van der Waals surface area (Å²) in [5.41, 5.74) is 0. The van der Waals surface area contributed by atoms with Gasteiger partial charge in [0.1, 0.15) is 0 Å². The van der Waals surface area contributed by atoms with Crippen molar-refractivity contribution >= 4 is 0 Å². The van der Waals surface area contributed by atoms with Crippen molar-refractivity contribution in [3.63, 3.8) is 0 Å². The molecular weight excluding hydrogens is 154 g/mol. The Morgan fingerprint density at radius 1 is 1.33 bits per heavy atom. The van der Waals surface area contributed by atoms with Gasteiger partial charge in [-0.25, -0.2) is 0 Å². The SMILES string of the molecule is CC(C)N1C2CCC1C(O)(O)C2. The highest BCUT2D eigenvalue weighted by Crippen LogP contribution is 2.43. The van der Waals surface area contributed by atoms with Crippen LogP contribution >= 0.6 is 0 Å². The minimum atomic E-state index is -1.41. The molecule has 12 heavy (non-hydrogen) atoms. The minimum Gasteiger partial charge on any atom is -0.364 e. The molecule has 2 N–H and O–H groups in total. The third-order valence-corrected chi connectivity index (χ3v) is 3.22. The minimum absolute atomic E-state index is 0.0116. The molecule has 0 saturated carbocycles. The van der Waals surface area contributed by atoms with E-state index in [2.05, 4.69) is 18.7 Å². The third-order valence-electron chi connectivity index (χ3n) is 3.22. The molecule has 2 saturated heterocycles. The Morgan fingerprint density at radius 2 is 2.00 bits per heavy atom. The molecule has 0 radical (unpaired) electrons. The van der Waals surface area contributed by atoms with Gasteiger partial charge in [0.05, 0.1) is 6.04 Å². The van der Waals surface area contributed by atoms with Crippen LogP contribution in [0.1, 0.15) is 33.1 Å². The Kier molecular flexibility index (Phi) is 1.72. The quantitative estimate of drug-likeness (QED) is 0.558. The lowest BCUT2D eigenvalue weighted by Gasteiger charge is -2.29. The largest absolute Gasteiger partial charge is 0.364 e. The fourth-order valence-electron chi connectivity index (χ4n) is 2.84. The lowest BCUT2D eigenvalue weighted by atomic mass is 9.95. The molecule has 2 fully saturated rings. The van der Waals surface area contributed by atoms with E-state index in [0.29, 0.717) is 18.5 Å². The van der Waals surface area contributed by atoms with Gasteiger partial charge in [-0.3, -0.25) is 4.90 Å². The normalized spacial score (nSPS) is 39.8. The van der Waals surface area contributed by atoms with Crippen LogP contribution in [-0.4, -0.2) is 39.0 Å². The molecule has 2 rings (SSSR count). The van der Waals surface area contributed by atoms with Crippen molar-refractivity contribution in [3.8, 4) is 0 Å². The van der Waals surface area contributed by atoms with Crippen LogP contribution in [0.4, 0.5) is 0 Å². The maximum absolute atomic E-state index is 9.62. The molecule has 0 spiro atoms. The van der Waals surface area contributed by atoms with Crippen LogP contribution in [0.2, 0.25) is 0 Å². The van der Waals surface area contributed by atoms with Crippen LogP contribution in [0.5, 0.6) is 0 Å². The zero-order valence-electron chi connectivity index (χ0n) is 7.70. The Labute approximate surface area is 73.0 Å². The van der Waals surface area contributed by atoms with Gasteiger partial charge in [0.25, 0.3) is 0 Å². The third kappa shape index (κ3) is 1.00. The van der Waals surface area contributed by atoms with Gasteiger partial charge >= 0.3 is 0 Å². The van der Waals surface area contributed by atoms with Gasteiger partial charge < -0.3 is 10.2 Å². The van der Waals surface area contributed by atoms with Crippen molar-refractivity contribution in [1.82, 2.24) is 4.90 Å². The van der Waals surface area contributed by atoms with Crippen LogP contribution in [0.15, 0.2) is 0 Å². The van der Waals surface area contributed by atoms with E-state index in [-0.39, 0.29) is 6.04 Å². The van der Waals surface area contributed by atoms with E-state index in [0.717, 1.165) is 12.8 Å². The van der Waals surface area contributed by atoms with E-state index in [1.807, 2.05) is 0 Å². The van der Waals surface area contributed by atoms with Crippen molar-refractivity contribution < 1.29 is 10.2 Å². The lowest BCUT2D eigenvalue weighted by molar-refractivity contribution is -0.181. The highest BCUT2D eigenvalue weighted by atomic mass is 16.5. The second-order valence-electron chi connectivity index (χ2n) is 4.37. The lowest BCUT2D eigenvalue weighted by Crippen LogP contribution is -2.44. The Bertz CT molecular complexity index is 191. The second-order valence-corrected chi connectivity index (χ2v) is 4.37. The summed E-state index contributed by atoms with van der Waals surface area (Å²) in [7, 11) is 0. The molecule has 0 amide bonds. The topological polar surface area (TPSA) is 43.7 Å². The number of aliphatic hydroxyl groups is 2. The van der Waals surface area contributed by atoms with Gasteiger partial charge in [-0.2, -0.15) is 0 Å². The molecule has 3 nitrogen and oxygen atoms in total. The fourth-order valence-corrected chi connectivity index (χ4v) is 2.84. The molecule has 2 aliphatic rings. The maximum Gasteiger partial charge on any atom is 0.180 e. The Morgan fingerprint density at radius 3 is 2.25 bits per heavy atom. The molecule has 0 aliphatic carbocycles. The van der Waals surface area contributed by atoms with Crippen LogP contribution in [0.25, 0.3) is 0 Å². The highest BCUT2D eigenvalue weighted by molar-refractivity contribution is 5.05. The summed E-state index contributed by atoms with van der Waals surface area (Å²) < 4.78 is 0. The predicted molar refractivity (Wildman–Crippen MR) is 45.6 cm³/mol. The monoisotopic (exact) mass is 171 g/mol. The smallest absolute Gasteiger partial charge is 0.180 e. The second kappa shape index (κ2) is 2.44. The first kappa shape index (κ1) is 8.48. The average molecular weight is 171 g/mol. The number of rotatable bonds is 1. The molecule has 2 unspecified atom stereocenters.